The SMILES string of the molecule is COC(=O)[C@](C)(Br)[C@H](O[Si](C)(C)C(C)(C)C)c1ccccc1. The Morgan fingerprint density at radius 1 is 1.14 bits per heavy atom. The molecule has 5 heteroatoms. The number of hydrogen-bond donors (Lipinski definition) is 0. The van der Waals surface area contributed by atoms with Crippen LogP contribution in [0, 0.1) is 0 Å². The van der Waals surface area contributed by atoms with E-state index in [0.717, 1.165) is 5.56 Å². The van der Waals surface area contributed by atoms with E-state index in [1.165, 1.54) is 7.11 Å². The van der Waals surface area contributed by atoms with Gasteiger partial charge in [-0.25, -0.2) is 0 Å². The molecule has 0 unspecified atom stereocenters. The fourth-order valence-corrected chi connectivity index (χ4v) is 3.90. The average Bonchev–Trinajstić information content (AvgIpc) is 2.43. The van der Waals surface area contributed by atoms with Crippen molar-refractivity contribution in [2.24, 2.45) is 0 Å². The zero-order chi connectivity index (χ0) is 17.2. The van der Waals surface area contributed by atoms with Crippen molar-refractivity contribution in [2.75, 3.05) is 7.11 Å². The van der Waals surface area contributed by atoms with Gasteiger partial charge in [0.15, 0.2) is 8.32 Å². The van der Waals surface area contributed by atoms with Crippen molar-refractivity contribution in [1.82, 2.24) is 0 Å². The number of benzene rings is 1. The summed E-state index contributed by atoms with van der Waals surface area (Å²) >= 11 is 3.55. The number of hydrogen-bond acceptors (Lipinski definition) is 3. The number of alkyl halides is 1. The lowest BCUT2D eigenvalue weighted by atomic mass is 9.97. The minimum Gasteiger partial charge on any atom is -0.468 e. The van der Waals surface area contributed by atoms with Crippen molar-refractivity contribution in [3.63, 3.8) is 0 Å². The lowest BCUT2D eigenvalue weighted by molar-refractivity contribution is -0.145. The highest BCUT2D eigenvalue weighted by Crippen LogP contribution is 2.45. The van der Waals surface area contributed by atoms with Crippen LogP contribution in [0.5, 0.6) is 0 Å². The Labute approximate surface area is 143 Å². The molecule has 0 N–H and O–H groups in total. The van der Waals surface area contributed by atoms with E-state index in [9.17, 15) is 4.79 Å². The molecule has 0 bridgehead atoms. The Morgan fingerprint density at radius 2 is 1.64 bits per heavy atom. The van der Waals surface area contributed by atoms with Gasteiger partial charge >= 0.3 is 5.97 Å². The van der Waals surface area contributed by atoms with Gasteiger partial charge < -0.3 is 9.16 Å². The Hall–Kier alpha value is -0.653. The smallest absolute Gasteiger partial charge is 0.325 e. The minimum absolute atomic E-state index is 0.0548. The van der Waals surface area contributed by atoms with E-state index < -0.39 is 18.7 Å². The van der Waals surface area contributed by atoms with Crippen molar-refractivity contribution < 1.29 is 14.0 Å². The summed E-state index contributed by atoms with van der Waals surface area (Å²) in [6, 6.07) is 9.84. The fourth-order valence-electron chi connectivity index (χ4n) is 1.90. The monoisotopic (exact) mass is 386 g/mol. The summed E-state index contributed by atoms with van der Waals surface area (Å²) in [5.41, 5.74) is 0.970. The van der Waals surface area contributed by atoms with Crippen LogP contribution in [0.3, 0.4) is 0 Å². The largest absolute Gasteiger partial charge is 0.468 e. The predicted octanol–water partition coefficient (Wildman–Crippen LogP) is 5.08. The number of carbonyl (C=O) groups is 1. The van der Waals surface area contributed by atoms with Crippen LogP contribution in [0.2, 0.25) is 18.1 Å². The van der Waals surface area contributed by atoms with E-state index in [0.29, 0.717) is 0 Å². The second kappa shape index (κ2) is 6.85. The van der Waals surface area contributed by atoms with Crippen LogP contribution in [-0.4, -0.2) is 25.7 Å². The van der Waals surface area contributed by atoms with E-state index in [2.05, 4.69) is 49.8 Å². The van der Waals surface area contributed by atoms with Crippen LogP contribution in [-0.2, 0) is 14.0 Å². The molecule has 0 saturated heterocycles. The molecule has 0 fully saturated rings. The van der Waals surface area contributed by atoms with Crippen molar-refractivity contribution in [2.45, 2.75) is 56.3 Å². The van der Waals surface area contributed by atoms with Gasteiger partial charge in [-0.1, -0.05) is 67.0 Å². The average molecular weight is 387 g/mol. The normalized spacial score (nSPS) is 16.7. The molecule has 0 radical (unpaired) electrons. The number of methoxy groups -OCH3 is 1. The molecule has 0 saturated carbocycles. The summed E-state index contributed by atoms with van der Waals surface area (Å²) in [6.45, 7) is 12.7. The summed E-state index contributed by atoms with van der Waals surface area (Å²) in [5.74, 6) is -0.333. The van der Waals surface area contributed by atoms with Crippen molar-refractivity contribution in [1.29, 1.82) is 0 Å². The number of carbonyl (C=O) groups excluding carboxylic acids is 1. The van der Waals surface area contributed by atoms with Gasteiger partial charge in [-0.3, -0.25) is 4.79 Å². The van der Waals surface area contributed by atoms with Gasteiger partial charge in [-0.15, -0.1) is 0 Å². The predicted molar refractivity (Wildman–Crippen MR) is 96.8 cm³/mol. The number of esters is 1. The first-order chi connectivity index (χ1) is 9.93. The highest BCUT2D eigenvalue weighted by Gasteiger charge is 2.47. The molecule has 124 valence electrons. The Morgan fingerprint density at radius 3 is 2.05 bits per heavy atom. The van der Waals surface area contributed by atoms with E-state index in [4.69, 9.17) is 9.16 Å². The fraction of sp³-hybridized carbons (Fsp3) is 0.588. The maximum Gasteiger partial charge on any atom is 0.325 e. The summed E-state index contributed by atoms with van der Waals surface area (Å²) in [7, 11) is -0.658. The quantitative estimate of drug-likeness (QED) is 0.402. The first kappa shape index (κ1) is 19.4. The van der Waals surface area contributed by atoms with Crippen molar-refractivity contribution in [3.8, 4) is 0 Å². The lowest BCUT2D eigenvalue weighted by Crippen LogP contribution is -2.48. The summed E-state index contributed by atoms with van der Waals surface area (Å²) in [5, 5.41) is 0.0548. The van der Waals surface area contributed by atoms with Gasteiger partial charge in [0.2, 0.25) is 0 Å². The molecule has 0 aromatic heterocycles. The van der Waals surface area contributed by atoms with Gasteiger partial charge in [-0.05, 0) is 30.6 Å². The van der Waals surface area contributed by atoms with Gasteiger partial charge in [0.25, 0.3) is 0 Å². The van der Waals surface area contributed by atoms with Crippen LogP contribution < -0.4 is 0 Å². The topological polar surface area (TPSA) is 35.5 Å². The molecule has 0 aliphatic rings. The molecule has 0 heterocycles. The third-order valence-corrected chi connectivity index (χ3v) is 9.57. The Balaban J connectivity index is 3.28. The molecule has 1 rings (SSSR count). The highest BCUT2D eigenvalue weighted by molar-refractivity contribution is 9.10. The molecular formula is C17H27BrO3Si. The van der Waals surface area contributed by atoms with E-state index >= 15 is 0 Å². The van der Waals surface area contributed by atoms with Crippen LogP contribution >= 0.6 is 15.9 Å². The molecule has 22 heavy (non-hydrogen) atoms. The molecule has 0 amide bonds. The maximum absolute atomic E-state index is 12.3. The second-order valence-corrected chi connectivity index (χ2v) is 13.6. The molecule has 0 aliphatic heterocycles. The highest BCUT2D eigenvalue weighted by atomic mass is 79.9. The first-order valence-corrected chi connectivity index (χ1v) is 11.1. The molecule has 1 aromatic rings. The summed E-state index contributed by atoms with van der Waals surface area (Å²) in [6.07, 6.45) is -0.401. The number of halogens is 1. The van der Waals surface area contributed by atoms with Crippen molar-refractivity contribution in [3.05, 3.63) is 35.9 Å². The van der Waals surface area contributed by atoms with E-state index in [1.807, 2.05) is 37.3 Å². The van der Waals surface area contributed by atoms with Crippen molar-refractivity contribution >= 4 is 30.2 Å². The lowest BCUT2D eigenvalue weighted by Gasteiger charge is -2.42. The molecule has 2 atom stereocenters. The zero-order valence-corrected chi connectivity index (χ0v) is 17.2. The van der Waals surface area contributed by atoms with Crippen LogP contribution in [0.4, 0.5) is 0 Å². The molecule has 1 aromatic carbocycles. The van der Waals surface area contributed by atoms with Crippen LogP contribution in [0.1, 0.15) is 39.4 Å². The second-order valence-electron chi connectivity index (χ2n) is 7.24. The van der Waals surface area contributed by atoms with Crippen LogP contribution in [0.25, 0.3) is 0 Å². The minimum atomic E-state index is -2.06. The maximum atomic E-state index is 12.3. The van der Waals surface area contributed by atoms with E-state index in [-0.39, 0.29) is 11.0 Å². The zero-order valence-electron chi connectivity index (χ0n) is 14.6. The molecular weight excluding hydrogens is 360 g/mol. The summed E-state index contributed by atoms with van der Waals surface area (Å²) < 4.78 is 10.6. The summed E-state index contributed by atoms with van der Waals surface area (Å²) in [4.78, 5) is 12.3. The van der Waals surface area contributed by atoms with Gasteiger partial charge in [0, 0.05) is 0 Å². The first-order valence-electron chi connectivity index (χ1n) is 7.43. The standard InChI is InChI=1S/C17H27BrO3Si/c1-16(2,3)22(6,7)21-14(13-11-9-8-10-12-13)17(4,18)15(19)20-5/h8-12,14H,1-7H3/t14-,17-/m1/s1. The van der Waals surface area contributed by atoms with E-state index in [1.54, 1.807) is 0 Å². The Bertz CT molecular complexity index is 506. The number of ether oxygens (including phenoxy) is 1. The Kier molecular flexibility index (Phi) is 6.04. The van der Waals surface area contributed by atoms with Gasteiger partial charge in [-0.2, -0.15) is 0 Å². The molecule has 0 aliphatic carbocycles. The molecule has 3 nitrogen and oxygen atoms in total. The molecule has 0 spiro atoms. The van der Waals surface area contributed by atoms with Gasteiger partial charge in [0.05, 0.1) is 13.2 Å². The van der Waals surface area contributed by atoms with Gasteiger partial charge in [0.1, 0.15) is 4.32 Å². The van der Waals surface area contributed by atoms with Crippen LogP contribution in [0.15, 0.2) is 30.3 Å². The number of rotatable bonds is 5. The third kappa shape index (κ3) is 4.21. The third-order valence-electron chi connectivity index (χ3n) is 4.40.